The number of allylic oxidation sites excluding steroid dienone is 15. The van der Waals surface area contributed by atoms with Gasteiger partial charge in [-0.2, -0.15) is 0 Å². The molecule has 3 atom stereocenters. The molecular weight excluding hydrogens is 744 g/mol. The molecule has 0 fully saturated rings. The minimum absolute atomic E-state index is 0.0437. The van der Waals surface area contributed by atoms with Crippen LogP contribution in [0.5, 0.6) is 0 Å². The topological polar surface area (TPSA) is 105 Å². The molecule has 0 spiro atoms. The van der Waals surface area contributed by atoms with Crippen LogP contribution in [-0.2, 0) is 18.4 Å². The highest BCUT2D eigenvalue weighted by atomic mass is 31.2. The maximum atomic E-state index is 12.9. The van der Waals surface area contributed by atoms with Crippen LogP contribution in [0.1, 0.15) is 155 Å². The predicted molar refractivity (Wildman–Crippen MR) is 249 cm³/mol. The molecule has 0 aliphatic heterocycles. The Kier molecular flexibility index (Phi) is 38.1. The highest BCUT2D eigenvalue weighted by Gasteiger charge is 2.27. The summed E-state index contributed by atoms with van der Waals surface area (Å²) in [5.74, 6) is -0.216. The van der Waals surface area contributed by atoms with Gasteiger partial charge >= 0.3 is 7.82 Å². The first-order valence-corrected chi connectivity index (χ1v) is 24.1. The van der Waals surface area contributed by atoms with Crippen molar-refractivity contribution >= 4 is 13.7 Å². The summed E-state index contributed by atoms with van der Waals surface area (Å²) in [7, 11) is 1.51. The van der Waals surface area contributed by atoms with E-state index in [0.717, 1.165) is 96.3 Å². The van der Waals surface area contributed by atoms with Crippen molar-refractivity contribution in [2.24, 2.45) is 0 Å². The minimum atomic E-state index is -4.36. The average Bonchev–Trinajstić information content (AvgIpc) is 3.17. The van der Waals surface area contributed by atoms with E-state index in [2.05, 4.69) is 104 Å². The van der Waals surface area contributed by atoms with Gasteiger partial charge in [0.25, 0.3) is 0 Å². The number of nitrogens with one attached hydrogen (secondary N) is 1. The number of phosphoric acid groups is 1. The fraction of sp³-hybridized carbons (Fsp3) is 0.653. The smallest absolute Gasteiger partial charge is 0.387 e. The van der Waals surface area contributed by atoms with Gasteiger partial charge in [0.1, 0.15) is 13.2 Å². The number of amides is 1. The molecule has 0 aromatic rings. The number of aliphatic hydroxyl groups excluding tert-OH is 1. The maximum absolute atomic E-state index is 12.9. The molecule has 3 N–H and O–H groups in total. The van der Waals surface area contributed by atoms with Gasteiger partial charge in [0.05, 0.1) is 39.9 Å². The lowest BCUT2D eigenvalue weighted by Gasteiger charge is -2.25. The molecule has 9 heteroatoms. The molecule has 3 unspecified atom stereocenters. The van der Waals surface area contributed by atoms with Crippen LogP contribution < -0.4 is 5.32 Å². The first kappa shape index (κ1) is 55.4. The number of carbonyl (C=O) groups is 1. The lowest BCUT2D eigenvalue weighted by Crippen LogP contribution is -2.45. The lowest BCUT2D eigenvalue weighted by atomic mass is 10.1. The highest BCUT2D eigenvalue weighted by molar-refractivity contribution is 7.47. The molecule has 0 heterocycles. The van der Waals surface area contributed by atoms with E-state index >= 15 is 0 Å². The molecule has 0 aliphatic rings. The molecule has 0 bridgehead atoms. The van der Waals surface area contributed by atoms with Crippen molar-refractivity contribution in [2.75, 3.05) is 40.9 Å². The van der Waals surface area contributed by atoms with E-state index in [4.69, 9.17) is 9.05 Å². The predicted octanol–water partition coefficient (Wildman–Crippen LogP) is 12.7. The monoisotopic (exact) mass is 830 g/mol. The van der Waals surface area contributed by atoms with Crippen LogP contribution in [0.4, 0.5) is 0 Å². The number of hydrogen-bond acceptors (Lipinski definition) is 5. The molecule has 0 aliphatic carbocycles. The molecular formula is C49H86N2O6P+. The molecule has 58 heavy (non-hydrogen) atoms. The van der Waals surface area contributed by atoms with Crippen molar-refractivity contribution in [2.45, 2.75) is 167 Å². The molecule has 1 amide bonds. The second kappa shape index (κ2) is 39.9. The number of likely N-dealkylation sites (N-methyl/N-ethyl adjacent to an activating group) is 1. The Morgan fingerprint density at radius 2 is 1.05 bits per heavy atom. The van der Waals surface area contributed by atoms with Crippen LogP contribution in [-0.4, -0.2) is 73.4 Å². The van der Waals surface area contributed by atoms with Gasteiger partial charge < -0.3 is 19.8 Å². The van der Waals surface area contributed by atoms with Gasteiger partial charge in [-0.1, -0.05) is 156 Å². The number of quaternary nitrogens is 1. The fourth-order valence-corrected chi connectivity index (χ4v) is 6.42. The number of aliphatic hydroxyl groups is 1. The van der Waals surface area contributed by atoms with Crippen molar-refractivity contribution < 1.29 is 32.9 Å². The quantitative estimate of drug-likeness (QED) is 0.0247. The van der Waals surface area contributed by atoms with Gasteiger partial charge in [-0.15, -0.1) is 0 Å². The summed E-state index contributed by atoms with van der Waals surface area (Å²) in [4.78, 5) is 23.1. The molecule has 8 nitrogen and oxygen atoms in total. The lowest BCUT2D eigenvalue weighted by molar-refractivity contribution is -0.870. The second-order valence-electron chi connectivity index (χ2n) is 16.0. The largest absolute Gasteiger partial charge is 0.472 e. The number of nitrogens with zero attached hydrogens (tertiary/aromatic N) is 1. The number of carbonyl (C=O) groups excluding carboxylic acids is 1. The average molecular weight is 830 g/mol. The van der Waals surface area contributed by atoms with Crippen molar-refractivity contribution in [3.63, 3.8) is 0 Å². The SMILES string of the molecule is CC/C=C\C/C=C\C/C=C\C/C=C\C/C=C\CCCCCCCC(=O)NC(COP(=O)(O)OCC[N+](C)(C)C)C(O)/C=C/CC/C=C/CC/C=C/CCCCCCC. The summed E-state index contributed by atoms with van der Waals surface area (Å²) in [5.41, 5.74) is 0. The van der Waals surface area contributed by atoms with Gasteiger partial charge in [0.15, 0.2) is 0 Å². The van der Waals surface area contributed by atoms with E-state index < -0.39 is 20.0 Å². The summed E-state index contributed by atoms with van der Waals surface area (Å²) < 4.78 is 23.5. The molecule has 332 valence electrons. The summed E-state index contributed by atoms with van der Waals surface area (Å²) in [6.07, 6.45) is 56.2. The van der Waals surface area contributed by atoms with Gasteiger partial charge in [-0.3, -0.25) is 13.8 Å². The summed E-state index contributed by atoms with van der Waals surface area (Å²) in [5, 5.41) is 13.8. The molecule has 0 radical (unpaired) electrons. The number of unbranched alkanes of at least 4 members (excludes halogenated alkanes) is 12. The van der Waals surface area contributed by atoms with Crippen LogP contribution >= 0.6 is 7.82 Å². The standard InChI is InChI=1S/C49H85N2O6P/c1-6-8-10-12-14-16-18-20-22-23-24-25-26-27-29-31-33-35-37-39-41-43-49(53)50-47(46-57-58(54,55)56-45-44-51(3,4)5)48(52)42-40-38-36-34-32-30-28-21-19-17-15-13-11-9-7-2/h8,10,14,16,19-22,24-25,27,29,32,34,40,42,47-48,52H,6-7,9,11-13,15,17-18,23,26,28,30-31,33,35-39,41,43-46H2,1-5H3,(H-,50,53,54,55)/p+1/b10-8-,16-14-,21-19+,22-20-,25-24-,29-27-,34-32+,42-40+. The van der Waals surface area contributed by atoms with Crippen molar-refractivity contribution in [3.05, 3.63) is 97.2 Å². The van der Waals surface area contributed by atoms with Gasteiger partial charge in [-0.05, 0) is 89.9 Å². The molecule has 0 rings (SSSR count). The summed E-state index contributed by atoms with van der Waals surface area (Å²) >= 11 is 0. The maximum Gasteiger partial charge on any atom is 0.472 e. The minimum Gasteiger partial charge on any atom is -0.387 e. The second-order valence-corrected chi connectivity index (χ2v) is 17.5. The Balaban J connectivity index is 4.53. The zero-order valence-corrected chi connectivity index (χ0v) is 38.4. The van der Waals surface area contributed by atoms with E-state index in [9.17, 15) is 19.4 Å². The Morgan fingerprint density at radius 1 is 0.603 bits per heavy atom. The molecule has 0 saturated heterocycles. The normalized spacial score (nSPS) is 15.2. The van der Waals surface area contributed by atoms with Crippen molar-refractivity contribution in [3.8, 4) is 0 Å². The first-order chi connectivity index (χ1) is 28.0. The molecule has 0 saturated carbocycles. The Hall–Kier alpha value is -2.58. The first-order valence-electron chi connectivity index (χ1n) is 22.6. The van der Waals surface area contributed by atoms with E-state index in [1.54, 1.807) is 6.08 Å². The summed E-state index contributed by atoms with van der Waals surface area (Å²) in [6.45, 7) is 4.61. The summed E-state index contributed by atoms with van der Waals surface area (Å²) in [6, 6.07) is -0.885. The van der Waals surface area contributed by atoms with E-state index in [1.165, 1.54) is 38.5 Å². The van der Waals surface area contributed by atoms with Crippen molar-refractivity contribution in [1.29, 1.82) is 0 Å². The number of hydrogen-bond donors (Lipinski definition) is 3. The zero-order chi connectivity index (χ0) is 42.8. The van der Waals surface area contributed by atoms with Crippen molar-refractivity contribution in [1.82, 2.24) is 5.32 Å². The molecule has 0 aromatic heterocycles. The zero-order valence-electron chi connectivity index (χ0n) is 37.5. The third-order valence-electron chi connectivity index (χ3n) is 9.27. The Labute approximate surface area is 356 Å². The van der Waals surface area contributed by atoms with E-state index in [0.29, 0.717) is 17.4 Å². The number of phosphoric ester groups is 1. The van der Waals surface area contributed by atoms with Crippen LogP contribution in [0.15, 0.2) is 97.2 Å². The third-order valence-corrected chi connectivity index (χ3v) is 10.2. The van der Waals surface area contributed by atoms with Gasteiger partial charge in [0.2, 0.25) is 5.91 Å². The van der Waals surface area contributed by atoms with Crippen LogP contribution in [0.3, 0.4) is 0 Å². The van der Waals surface area contributed by atoms with Gasteiger partial charge in [-0.25, -0.2) is 4.57 Å². The third kappa shape index (κ3) is 41.6. The highest BCUT2D eigenvalue weighted by Crippen LogP contribution is 2.43. The molecule has 0 aromatic carbocycles. The van der Waals surface area contributed by atoms with E-state index in [1.807, 2.05) is 27.2 Å². The number of rotatable bonds is 39. The Bertz CT molecular complexity index is 1260. The van der Waals surface area contributed by atoms with Gasteiger partial charge in [0, 0.05) is 6.42 Å². The van der Waals surface area contributed by atoms with Crippen LogP contribution in [0, 0.1) is 0 Å². The van der Waals surface area contributed by atoms with Crippen LogP contribution in [0.25, 0.3) is 0 Å². The fourth-order valence-electron chi connectivity index (χ4n) is 5.68. The van der Waals surface area contributed by atoms with E-state index in [-0.39, 0.29) is 19.1 Å². The Morgan fingerprint density at radius 3 is 1.59 bits per heavy atom. The van der Waals surface area contributed by atoms with Crippen LogP contribution in [0.2, 0.25) is 0 Å².